The third kappa shape index (κ3) is 11.2. The van der Waals surface area contributed by atoms with Gasteiger partial charge in [-0.15, -0.1) is 34.4 Å². The Morgan fingerprint density at radius 2 is 1.74 bits per heavy atom. The summed E-state index contributed by atoms with van der Waals surface area (Å²) in [6, 6.07) is 6.73. The second kappa shape index (κ2) is 16.5. The molecule has 0 aliphatic heterocycles. The number of nitrogen functional groups attached to an aromatic ring is 1. The zero-order valence-corrected chi connectivity index (χ0v) is 28.6. The van der Waals surface area contributed by atoms with Crippen molar-refractivity contribution in [2.24, 2.45) is 5.92 Å². The van der Waals surface area contributed by atoms with Gasteiger partial charge in [-0.3, -0.25) is 9.36 Å². The van der Waals surface area contributed by atoms with Gasteiger partial charge in [-0.1, -0.05) is 37.8 Å². The van der Waals surface area contributed by atoms with E-state index in [1.165, 1.54) is 53.5 Å². The van der Waals surface area contributed by atoms with Gasteiger partial charge in [-0.2, -0.15) is 0 Å². The van der Waals surface area contributed by atoms with E-state index in [0.29, 0.717) is 29.3 Å². The monoisotopic (exact) mass is 673 g/mol. The van der Waals surface area contributed by atoms with Crippen molar-refractivity contribution in [3.05, 3.63) is 52.1 Å². The fraction of sp³-hybridized carbons (Fsp3) is 0.536. The third-order valence-electron chi connectivity index (χ3n) is 6.66. The number of aromatic nitrogens is 2. The van der Waals surface area contributed by atoms with E-state index in [-0.39, 0.29) is 28.5 Å². The van der Waals surface area contributed by atoms with E-state index >= 15 is 0 Å². The molecule has 4 rings (SSSR count). The smallest absolute Gasteiger partial charge is 0.340 e. The van der Waals surface area contributed by atoms with Crippen LogP contribution in [0.2, 0.25) is 0 Å². The summed E-state index contributed by atoms with van der Waals surface area (Å²) in [7, 11) is -6.45. The lowest BCUT2D eigenvalue weighted by Crippen LogP contribution is -2.18. The lowest BCUT2D eigenvalue weighted by molar-refractivity contribution is -0.120. The highest BCUT2D eigenvalue weighted by atomic mass is 32.2. The molecule has 0 unspecified atom stereocenters. The zero-order chi connectivity index (χ0) is 30.8. The van der Waals surface area contributed by atoms with Crippen LogP contribution in [0.3, 0.4) is 0 Å². The number of sulfone groups is 1. The first kappa shape index (κ1) is 34.9. The number of thioether (sulfide) groups is 1. The predicted octanol–water partition coefficient (Wildman–Crippen LogP) is 7.37. The van der Waals surface area contributed by atoms with Gasteiger partial charge in [0.1, 0.15) is 16.3 Å². The van der Waals surface area contributed by atoms with Crippen molar-refractivity contribution < 1.29 is 26.8 Å². The van der Waals surface area contributed by atoms with Crippen LogP contribution in [0.5, 0.6) is 0 Å². The van der Waals surface area contributed by atoms with Crippen LogP contribution in [-0.4, -0.2) is 49.1 Å². The van der Waals surface area contributed by atoms with Crippen LogP contribution < -0.4 is 5.73 Å². The Morgan fingerprint density at radius 3 is 2.24 bits per heavy atom. The van der Waals surface area contributed by atoms with E-state index in [0.717, 1.165) is 33.9 Å². The van der Waals surface area contributed by atoms with Gasteiger partial charge >= 0.3 is 7.60 Å². The number of thiazole rings is 2. The number of hydrogen-bond donors (Lipinski definition) is 1. The SMILES string of the molecule is CCOP(=O)(CSc1cnc(CC(=O)[C@H](CC2CCCC2)c2ccc(S(C)(=O)=O)cc2)s1)OCC.Cc1cnc(N)s1. The van der Waals surface area contributed by atoms with Crippen LogP contribution >= 0.6 is 42.0 Å². The fourth-order valence-corrected chi connectivity index (χ4v) is 10.3. The number of carbonyl (C=O) groups is 1. The molecule has 0 bridgehead atoms. The van der Waals surface area contributed by atoms with E-state index in [9.17, 15) is 17.8 Å². The van der Waals surface area contributed by atoms with Crippen LogP contribution in [0.25, 0.3) is 0 Å². The van der Waals surface area contributed by atoms with Gasteiger partial charge in [0.2, 0.25) is 0 Å². The van der Waals surface area contributed by atoms with Gasteiger partial charge in [0.25, 0.3) is 0 Å². The van der Waals surface area contributed by atoms with Crippen molar-refractivity contribution in [2.45, 2.75) is 74.3 Å². The van der Waals surface area contributed by atoms with Crippen molar-refractivity contribution >= 4 is 62.8 Å². The summed E-state index contributed by atoms with van der Waals surface area (Å²) in [5.41, 5.74) is 6.34. The van der Waals surface area contributed by atoms with Gasteiger partial charge in [-0.05, 0) is 50.8 Å². The lowest BCUT2D eigenvalue weighted by atomic mass is 9.84. The number of carbonyl (C=O) groups excluding carboxylic acids is 1. The van der Waals surface area contributed by atoms with Crippen LogP contribution in [0.4, 0.5) is 5.13 Å². The van der Waals surface area contributed by atoms with E-state index < -0.39 is 17.4 Å². The topological polar surface area (TPSA) is 139 Å². The molecule has 42 heavy (non-hydrogen) atoms. The third-order valence-corrected chi connectivity index (χ3v) is 13.4. The van der Waals surface area contributed by atoms with Crippen molar-refractivity contribution in [2.75, 3.05) is 30.7 Å². The quantitative estimate of drug-likeness (QED) is 0.136. The van der Waals surface area contributed by atoms with E-state index in [1.807, 2.05) is 6.92 Å². The number of benzene rings is 1. The van der Waals surface area contributed by atoms with Crippen molar-refractivity contribution in [1.29, 1.82) is 0 Å². The van der Waals surface area contributed by atoms with Gasteiger partial charge < -0.3 is 14.8 Å². The highest BCUT2D eigenvalue weighted by Crippen LogP contribution is 2.52. The maximum atomic E-state index is 13.4. The molecule has 3 aromatic rings. The number of nitrogens with two attached hydrogens (primary N) is 1. The Morgan fingerprint density at radius 1 is 1.10 bits per heavy atom. The number of ketones is 1. The van der Waals surface area contributed by atoms with Gasteiger partial charge in [-0.25, -0.2) is 18.4 Å². The molecule has 1 aliphatic rings. The molecule has 1 aromatic carbocycles. The number of rotatable bonds is 14. The molecule has 0 radical (unpaired) electrons. The minimum absolute atomic E-state index is 0.0872. The Balaban J connectivity index is 0.000000603. The first-order valence-corrected chi connectivity index (χ1v) is 20.1. The maximum absolute atomic E-state index is 13.4. The lowest BCUT2D eigenvalue weighted by Gasteiger charge is -2.20. The van der Waals surface area contributed by atoms with Crippen LogP contribution in [0, 0.1) is 12.8 Å². The fourth-order valence-electron chi connectivity index (χ4n) is 4.71. The molecule has 0 amide bonds. The minimum Gasteiger partial charge on any atom is -0.375 e. The normalized spacial score (nSPS) is 14.9. The first-order valence-electron chi connectivity index (χ1n) is 13.9. The average molecular weight is 674 g/mol. The Hall–Kier alpha value is -1.60. The Labute approximate surface area is 261 Å². The molecule has 14 heteroatoms. The molecule has 1 aliphatic carbocycles. The summed E-state index contributed by atoms with van der Waals surface area (Å²) in [6.07, 6.45) is 10.3. The molecule has 2 heterocycles. The highest BCUT2D eigenvalue weighted by molar-refractivity contribution is 8.06. The summed E-state index contributed by atoms with van der Waals surface area (Å²) < 4.78 is 47.9. The number of aryl methyl sites for hydroxylation is 1. The summed E-state index contributed by atoms with van der Waals surface area (Å²) >= 11 is 4.29. The molecule has 9 nitrogen and oxygen atoms in total. The molecule has 232 valence electrons. The van der Waals surface area contributed by atoms with Crippen molar-refractivity contribution in [1.82, 2.24) is 9.97 Å². The highest BCUT2D eigenvalue weighted by Gasteiger charge is 2.28. The molecule has 1 atom stereocenters. The minimum atomic E-state index is -3.29. The van der Waals surface area contributed by atoms with Crippen molar-refractivity contribution in [3.8, 4) is 0 Å². The largest absolute Gasteiger partial charge is 0.375 e. The summed E-state index contributed by atoms with van der Waals surface area (Å²) in [5, 5.41) is 1.36. The average Bonchev–Trinajstić information content (AvgIpc) is 3.69. The van der Waals surface area contributed by atoms with E-state index in [4.69, 9.17) is 14.8 Å². The summed E-state index contributed by atoms with van der Waals surface area (Å²) in [4.78, 5) is 23.1. The molecule has 0 spiro atoms. The Kier molecular flexibility index (Phi) is 13.7. The van der Waals surface area contributed by atoms with Gasteiger partial charge in [0.15, 0.2) is 15.0 Å². The second-order valence-corrected chi connectivity index (χ2v) is 18.2. The van der Waals surface area contributed by atoms with Gasteiger partial charge in [0, 0.05) is 23.2 Å². The molecular weight excluding hydrogens is 634 g/mol. The van der Waals surface area contributed by atoms with Crippen LogP contribution in [0.15, 0.2) is 45.8 Å². The summed E-state index contributed by atoms with van der Waals surface area (Å²) in [5.74, 6) is 0.305. The molecule has 0 saturated heterocycles. The predicted molar refractivity (Wildman–Crippen MR) is 173 cm³/mol. The van der Waals surface area contributed by atoms with E-state index in [2.05, 4.69) is 9.97 Å². The molecule has 2 N–H and O–H groups in total. The number of Topliss-reactive ketones (excluding diaryl/α,β-unsaturated/α-hetero) is 1. The molecule has 1 saturated carbocycles. The van der Waals surface area contributed by atoms with Crippen molar-refractivity contribution in [3.63, 3.8) is 0 Å². The molecule has 2 aromatic heterocycles. The van der Waals surface area contributed by atoms with Crippen LogP contribution in [-0.2, 0) is 34.7 Å². The number of anilines is 1. The second-order valence-electron chi connectivity index (χ2n) is 10.0. The van der Waals surface area contributed by atoms with Gasteiger partial charge in [0.05, 0.1) is 34.9 Å². The zero-order valence-electron chi connectivity index (χ0n) is 24.5. The molecule has 1 fully saturated rings. The number of nitrogens with zero attached hydrogens (tertiary/aromatic N) is 2. The number of hydrogen-bond acceptors (Lipinski definition) is 12. The van der Waals surface area contributed by atoms with Crippen LogP contribution in [0.1, 0.15) is 67.3 Å². The Bertz CT molecular complexity index is 1410. The maximum Gasteiger partial charge on any atom is 0.340 e. The van der Waals surface area contributed by atoms with E-state index in [1.54, 1.807) is 50.5 Å². The summed E-state index contributed by atoms with van der Waals surface area (Å²) in [6.45, 7) is 6.17. The molecular formula is C28H40N3O6PS4. The standard InChI is InChI=1S/C24H34NO6PS3.C4H6N2S/c1-4-30-32(27,31-5-2)17-33-24-16-25-23(34-24)15-22(26)21(14-18-8-6-7-9-18)19-10-12-20(13-11-19)35(3,28)29;1-3-2-6-4(5)7-3/h10-13,16,18,21H,4-9,14-15,17H2,1-3H3;2H,1H3,(H2,5,6)/t21-;/m1./s1. The first-order chi connectivity index (χ1) is 19.9.